The molecule has 0 radical (unpaired) electrons. The van der Waals surface area contributed by atoms with E-state index in [1.165, 1.54) is 5.56 Å². The third-order valence-electron chi connectivity index (χ3n) is 3.55. The van der Waals surface area contributed by atoms with Crippen molar-refractivity contribution in [2.45, 2.75) is 33.6 Å². The summed E-state index contributed by atoms with van der Waals surface area (Å²) in [6, 6.07) is 3.97. The first-order valence-electron chi connectivity index (χ1n) is 6.96. The summed E-state index contributed by atoms with van der Waals surface area (Å²) in [4.78, 5) is 13.7. The molecule has 0 amide bonds. The molecule has 0 aliphatic rings. The van der Waals surface area contributed by atoms with Gasteiger partial charge in [0.25, 0.3) is 0 Å². The monoisotopic (exact) mass is 270 g/mol. The molecule has 0 spiro atoms. The predicted molar refractivity (Wildman–Crippen MR) is 81.8 cm³/mol. The molecule has 2 aromatic heterocycles. The van der Waals surface area contributed by atoms with E-state index in [0.717, 1.165) is 35.0 Å². The molecule has 1 unspecified atom stereocenters. The van der Waals surface area contributed by atoms with E-state index in [0.29, 0.717) is 5.92 Å². The second-order valence-electron chi connectivity index (χ2n) is 5.26. The molecular formula is C16H22N4. The maximum atomic E-state index is 4.67. The Labute approximate surface area is 120 Å². The second-order valence-corrected chi connectivity index (χ2v) is 5.26. The molecule has 0 fully saturated rings. The van der Waals surface area contributed by atoms with Gasteiger partial charge in [-0.05, 0) is 50.9 Å². The quantitative estimate of drug-likeness (QED) is 0.928. The van der Waals surface area contributed by atoms with E-state index < -0.39 is 0 Å². The van der Waals surface area contributed by atoms with E-state index in [1.54, 1.807) is 6.20 Å². The Bertz CT molecular complexity index is 584. The molecule has 0 aliphatic carbocycles. The largest absolute Gasteiger partial charge is 0.319 e. The Morgan fingerprint density at radius 1 is 1.15 bits per heavy atom. The standard InChI is InChI=1S/C16H22N4/c1-10-7-6-8-18-15(10)16-19-12(3)14(13(4)20-16)11(2)9-17-5/h6-8,11,17H,9H2,1-5H3. The van der Waals surface area contributed by atoms with Crippen LogP contribution in [0.3, 0.4) is 0 Å². The number of hydrogen-bond donors (Lipinski definition) is 1. The van der Waals surface area contributed by atoms with E-state index in [2.05, 4.69) is 41.0 Å². The van der Waals surface area contributed by atoms with E-state index in [-0.39, 0.29) is 0 Å². The minimum absolute atomic E-state index is 0.402. The lowest BCUT2D eigenvalue weighted by Crippen LogP contribution is -2.18. The topological polar surface area (TPSA) is 50.7 Å². The van der Waals surface area contributed by atoms with Crippen LogP contribution in [-0.2, 0) is 0 Å². The fraction of sp³-hybridized carbons (Fsp3) is 0.438. The van der Waals surface area contributed by atoms with E-state index in [1.807, 2.05) is 26.1 Å². The first-order chi connectivity index (χ1) is 9.54. The van der Waals surface area contributed by atoms with Crippen molar-refractivity contribution in [3.8, 4) is 11.5 Å². The maximum Gasteiger partial charge on any atom is 0.178 e. The molecule has 4 nitrogen and oxygen atoms in total. The minimum Gasteiger partial charge on any atom is -0.319 e. The van der Waals surface area contributed by atoms with Crippen LogP contribution in [0.25, 0.3) is 11.5 Å². The molecule has 0 saturated carbocycles. The molecule has 106 valence electrons. The van der Waals surface area contributed by atoms with Gasteiger partial charge in [0.05, 0.1) is 0 Å². The molecule has 0 bridgehead atoms. The lowest BCUT2D eigenvalue weighted by atomic mass is 9.98. The summed E-state index contributed by atoms with van der Waals surface area (Å²) in [5.41, 5.74) is 5.28. The van der Waals surface area contributed by atoms with Crippen molar-refractivity contribution in [1.82, 2.24) is 20.3 Å². The number of likely N-dealkylation sites (N-methyl/N-ethyl adjacent to an activating group) is 1. The Morgan fingerprint density at radius 2 is 1.80 bits per heavy atom. The number of hydrogen-bond acceptors (Lipinski definition) is 4. The summed E-state index contributed by atoms with van der Waals surface area (Å²) in [6.07, 6.45) is 1.79. The molecule has 0 aromatic carbocycles. The number of pyridine rings is 1. The summed E-state index contributed by atoms with van der Waals surface area (Å²) in [7, 11) is 1.97. The molecule has 0 aliphatic heterocycles. The molecule has 4 heteroatoms. The molecular weight excluding hydrogens is 248 g/mol. The van der Waals surface area contributed by atoms with Crippen molar-refractivity contribution < 1.29 is 0 Å². The van der Waals surface area contributed by atoms with Gasteiger partial charge in [-0.25, -0.2) is 9.97 Å². The van der Waals surface area contributed by atoms with Crippen molar-refractivity contribution in [2.75, 3.05) is 13.6 Å². The summed E-state index contributed by atoms with van der Waals surface area (Å²) in [6.45, 7) is 9.26. The molecule has 0 saturated heterocycles. The van der Waals surface area contributed by atoms with Crippen LogP contribution >= 0.6 is 0 Å². The summed E-state index contributed by atoms with van der Waals surface area (Å²) < 4.78 is 0. The highest BCUT2D eigenvalue weighted by Gasteiger charge is 2.16. The number of aromatic nitrogens is 3. The van der Waals surface area contributed by atoms with Crippen LogP contribution in [0.2, 0.25) is 0 Å². The number of aryl methyl sites for hydroxylation is 3. The first kappa shape index (κ1) is 14.6. The van der Waals surface area contributed by atoms with E-state index in [9.17, 15) is 0 Å². The van der Waals surface area contributed by atoms with Crippen molar-refractivity contribution in [1.29, 1.82) is 0 Å². The first-order valence-corrected chi connectivity index (χ1v) is 6.96. The zero-order chi connectivity index (χ0) is 14.7. The molecule has 2 heterocycles. The van der Waals surface area contributed by atoms with Gasteiger partial charge in [0.15, 0.2) is 5.82 Å². The third-order valence-corrected chi connectivity index (χ3v) is 3.55. The normalized spacial score (nSPS) is 12.4. The summed E-state index contributed by atoms with van der Waals surface area (Å²) >= 11 is 0. The zero-order valence-electron chi connectivity index (χ0n) is 12.9. The maximum absolute atomic E-state index is 4.67. The SMILES string of the molecule is CNCC(C)c1c(C)nc(-c2ncccc2C)nc1C. The number of nitrogens with one attached hydrogen (secondary N) is 1. The highest BCUT2D eigenvalue weighted by Crippen LogP contribution is 2.24. The molecule has 20 heavy (non-hydrogen) atoms. The van der Waals surface area contributed by atoms with Gasteiger partial charge in [0.2, 0.25) is 0 Å². The minimum atomic E-state index is 0.402. The zero-order valence-corrected chi connectivity index (χ0v) is 12.9. The van der Waals surface area contributed by atoms with Crippen LogP contribution in [0.5, 0.6) is 0 Å². The molecule has 1 atom stereocenters. The highest BCUT2D eigenvalue weighted by molar-refractivity contribution is 5.55. The van der Waals surface area contributed by atoms with E-state index in [4.69, 9.17) is 0 Å². The van der Waals surface area contributed by atoms with Crippen molar-refractivity contribution in [2.24, 2.45) is 0 Å². The third kappa shape index (κ3) is 2.85. The van der Waals surface area contributed by atoms with Gasteiger partial charge in [-0.2, -0.15) is 0 Å². The Kier molecular flexibility index (Phi) is 4.45. The Morgan fingerprint density at radius 3 is 2.35 bits per heavy atom. The van der Waals surface area contributed by atoms with Gasteiger partial charge in [-0.1, -0.05) is 13.0 Å². The van der Waals surface area contributed by atoms with Gasteiger partial charge < -0.3 is 5.32 Å². The fourth-order valence-corrected chi connectivity index (χ4v) is 2.67. The Balaban J connectivity index is 2.48. The van der Waals surface area contributed by atoms with Gasteiger partial charge in [0, 0.05) is 24.1 Å². The molecule has 1 N–H and O–H groups in total. The summed E-state index contributed by atoms with van der Waals surface area (Å²) in [5, 5.41) is 3.21. The van der Waals surface area contributed by atoms with Crippen LogP contribution in [0.1, 0.15) is 35.4 Å². The van der Waals surface area contributed by atoms with Gasteiger partial charge in [-0.3, -0.25) is 4.98 Å². The second kappa shape index (κ2) is 6.09. The van der Waals surface area contributed by atoms with Crippen LogP contribution in [-0.4, -0.2) is 28.5 Å². The lowest BCUT2D eigenvalue weighted by molar-refractivity contribution is 0.662. The van der Waals surface area contributed by atoms with Crippen molar-refractivity contribution >= 4 is 0 Å². The predicted octanol–water partition coefficient (Wildman–Crippen LogP) is 2.79. The van der Waals surface area contributed by atoms with Crippen molar-refractivity contribution in [3.05, 3.63) is 40.8 Å². The lowest BCUT2D eigenvalue weighted by Gasteiger charge is -2.17. The Hall–Kier alpha value is -1.81. The number of rotatable bonds is 4. The fourth-order valence-electron chi connectivity index (χ4n) is 2.67. The van der Waals surface area contributed by atoms with Crippen LogP contribution in [0, 0.1) is 20.8 Å². The van der Waals surface area contributed by atoms with Crippen LogP contribution < -0.4 is 5.32 Å². The van der Waals surface area contributed by atoms with E-state index >= 15 is 0 Å². The van der Waals surface area contributed by atoms with Crippen LogP contribution in [0.4, 0.5) is 0 Å². The smallest absolute Gasteiger partial charge is 0.178 e. The molecule has 2 aromatic rings. The van der Waals surface area contributed by atoms with Crippen LogP contribution in [0.15, 0.2) is 18.3 Å². The van der Waals surface area contributed by atoms with Gasteiger partial charge in [0.1, 0.15) is 5.69 Å². The van der Waals surface area contributed by atoms with Crippen molar-refractivity contribution in [3.63, 3.8) is 0 Å². The average Bonchev–Trinajstić information content (AvgIpc) is 2.38. The molecule has 2 rings (SSSR count). The number of nitrogens with zero attached hydrogens (tertiary/aromatic N) is 3. The average molecular weight is 270 g/mol. The van der Waals surface area contributed by atoms with Gasteiger partial charge >= 0.3 is 0 Å². The van der Waals surface area contributed by atoms with Gasteiger partial charge in [-0.15, -0.1) is 0 Å². The highest BCUT2D eigenvalue weighted by atomic mass is 14.9. The summed E-state index contributed by atoms with van der Waals surface area (Å²) in [5.74, 6) is 1.12.